The van der Waals surface area contributed by atoms with Crippen LogP contribution in [0.1, 0.15) is 45.9 Å². The molecule has 6 heteroatoms. The highest BCUT2D eigenvalue weighted by Gasteiger charge is 2.26. The Morgan fingerprint density at radius 2 is 1.93 bits per heavy atom. The zero-order valence-corrected chi connectivity index (χ0v) is 17.8. The number of piperidine rings is 1. The maximum atomic E-state index is 13.0. The van der Waals surface area contributed by atoms with Gasteiger partial charge in [-0.3, -0.25) is 9.78 Å². The molecule has 0 saturated carbocycles. The lowest BCUT2D eigenvalue weighted by molar-refractivity contribution is 0.0706. The van der Waals surface area contributed by atoms with Crippen LogP contribution in [0, 0.1) is 0 Å². The first-order valence-corrected chi connectivity index (χ1v) is 10.6. The monoisotopic (exact) mass is 420 g/mol. The Balaban J connectivity index is 1.42. The molecule has 1 amide bonds. The predicted octanol–water partition coefficient (Wildman–Crippen LogP) is 4.78. The van der Waals surface area contributed by atoms with E-state index < -0.39 is 0 Å². The second-order valence-corrected chi connectivity index (χ2v) is 8.10. The van der Waals surface area contributed by atoms with Crippen LogP contribution in [0.4, 0.5) is 5.82 Å². The van der Waals surface area contributed by atoms with Gasteiger partial charge in [0.1, 0.15) is 5.82 Å². The summed E-state index contributed by atoms with van der Waals surface area (Å²) < 4.78 is 0. The number of likely N-dealkylation sites (tertiary alicyclic amines) is 1. The van der Waals surface area contributed by atoms with Gasteiger partial charge in [0.25, 0.3) is 5.91 Å². The minimum Gasteiger partial charge on any atom is -0.373 e. The molecule has 1 N–H and O–H groups in total. The smallest absolute Gasteiger partial charge is 0.254 e. The van der Waals surface area contributed by atoms with Gasteiger partial charge >= 0.3 is 0 Å². The summed E-state index contributed by atoms with van der Waals surface area (Å²) >= 11 is 5.96. The van der Waals surface area contributed by atoms with E-state index >= 15 is 0 Å². The summed E-state index contributed by atoms with van der Waals surface area (Å²) in [4.78, 5) is 23.8. The third-order valence-electron chi connectivity index (χ3n) is 5.56. The van der Waals surface area contributed by atoms with Crippen LogP contribution < -0.4 is 5.32 Å². The van der Waals surface area contributed by atoms with Gasteiger partial charge in [-0.1, -0.05) is 29.8 Å². The first-order valence-electron chi connectivity index (χ1n) is 10.2. The number of rotatable bonds is 5. The predicted molar refractivity (Wildman–Crippen MR) is 120 cm³/mol. The van der Waals surface area contributed by atoms with Crippen molar-refractivity contribution in [3.05, 3.63) is 88.3 Å². The molecule has 3 aromatic rings. The number of anilines is 1. The Bertz CT molecular complexity index is 1000. The first kappa shape index (κ1) is 20.4. The molecule has 0 aliphatic carbocycles. The number of carbonyl (C=O) groups excluding carboxylic acids is 1. The number of amides is 1. The molecule has 1 aliphatic rings. The average molecular weight is 421 g/mol. The van der Waals surface area contributed by atoms with E-state index in [1.165, 1.54) is 11.1 Å². The lowest BCUT2D eigenvalue weighted by Crippen LogP contribution is -2.39. The first-order chi connectivity index (χ1) is 14.6. The standard InChI is InChI=1S/C24H25ClN4O/c1-26-23-14-19(10-11-27-23)24(30)29-12-2-3-20(16-29)22-9-6-18(15-28-22)13-17-4-7-21(25)8-5-17/h4-11,14-15,20H,2-3,12-13,16H2,1H3,(H,26,27)/t20-/m0/s1. The number of benzene rings is 1. The van der Waals surface area contributed by atoms with Crippen LogP contribution in [0.25, 0.3) is 0 Å². The number of hydrogen-bond donors (Lipinski definition) is 1. The Morgan fingerprint density at radius 3 is 2.67 bits per heavy atom. The Labute approximate surface area is 182 Å². The van der Waals surface area contributed by atoms with Crippen molar-refractivity contribution in [2.24, 2.45) is 0 Å². The molecule has 1 aliphatic heterocycles. The van der Waals surface area contributed by atoms with Gasteiger partial charge in [0, 0.05) is 54.7 Å². The average Bonchev–Trinajstić information content (AvgIpc) is 2.81. The summed E-state index contributed by atoms with van der Waals surface area (Å²) in [6.45, 7) is 1.47. The zero-order valence-electron chi connectivity index (χ0n) is 17.0. The maximum absolute atomic E-state index is 13.0. The fraction of sp³-hybridized carbons (Fsp3) is 0.292. The van der Waals surface area contributed by atoms with E-state index in [-0.39, 0.29) is 11.8 Å². The molecule has 0 spiro atoms. The van der Waals surface area contributed by atoms with E-state index in [9.17, 15) is 4.79 Å². The minimum absolute atomic E-state index is 0.0537. The summed E-state index contributed by atoms with van der Waals surface area (Å²) in [5, 5.41) is 3.73. The molecule has 154 valence electrons. The molecular weight excluding hydrogens is 396 g/mol. The molecule has 1 aromatic carbocycles. The van der Waals surface area contributed by atoms with Gasteiger partial charge in [-0.15, -0.1) is 0 Å². The number of aromatic nitrogens is 2. The van der Waals surface area contributed by atoms with Crippen molar-refractivity contribution >= 4 is 23.3 Å². The molecule has 0 radical (unpaired) electrons. The number of pyridine rings is 2. The van der Waals surface area contributed by atoms with Crippen LogP contribution in [0.15, 0.2) is 60.9 Å². The SMILES string of the molecule is CNc1cc(C(=O)N2CCC[C@H](c3ccc(Cc4ccc(Cl)cc4)cn3)C2)ccn1. The van der Waals surface area contributed by atoms with Crippen molar-refractivity contribution in [2.45, 2.75) is 25.2 Å². The van der Waals surface area contributed by atoms with Crippen molar-refractivity contribution in [1.29, 1.82) is 0 Å². The highest BCUT2D eigenvalue weighted by atomic mass is 35.5. The van der Waals surface area contributed by atoms with Crippen LogP contribution in [0.3, 0.4) is 0 Å². The largest absolute Gasteiger partial charge is 0.373 e. The van der Waals surface area contributed by atoms with E-state index in [1.54, 1.807) is 25.4 Å². The number of halogens is 1. The fourth-order valence-corrected chi connectivity index (χ4v) is 4.03. The van der Waals surface area contributed by atoms with Crippen molar-refractivity contribution < 1.29 is 4.79 Å². The fourth-order valence-electron chi connectivity index (χ4n) is 3.91. The highest BCUT2D eigenvalue weighted by molar-refractivity contribution is 6.30. The second-order valence-electron chi connectivity index (χ2n) is 7.66. The topological polar surface area (TPSA) is 58.1 Å². The number of carbonyl (C=O) groups is 1. The van der Waals surface area contributed by atoms with Crippen molar-refractivity contribution in [3.8, 4) is 0 Å². The van der Waals surface area contributed by atoms with Crippen LogP contribution >= 0.6 is 11.6 Å². The molecule has 30 heavy (non-hydrogen) atoms. The van der Waals surface area contributed by atoms with Gasteiger partial charge in [-0.25, -0.2) is 4.98 Å². The molecule has 0 unspecified atom stereocenters. The van der Waals surface area contributed by atoms with Gasteiger partial charge in [0.15, 0.2) is 0 Å². The molecule has 1 atom stereocenters. The van der Waals surface area contributed by atoms with Crippen molar-refractivity contribution in [2.75, 3.05) is 25.5 Å². The van der Waals surface area contributed by atoms with Crippen molar-refractivity contribution in [1.82, 2.24) is 14.9 Å². The van der Waals surface area contributed by atoms with Crippen LogP contribution in [-0.2, 0) is 6.42 Å². The summed E-state index contributed by atoms with van der Waals surface area (Å²) in [7, 11) is 1.80. The Morgan fingerprint density at radius 1 is 1.13 bits per heavy atom. The Hall–Kier alpha value is -2.92. The quantitative estimate of drug-likeness (QED) is 0.645. The van der Waals surface area contributed by atoms with E-state index in [1.807, 2.05) is 35.4 Å². The Kier molecular flexibility index (Phi) is 6.29. The second kappa shape index (κ2) is 9.26. The number of hydrogen-bond acceptors (Lipinski definition) is 4. The third-order valence-corrected chi connectivity index (χ3v) is 5.81. The molecule has 1 saturated heterocycles. The zero-order chi connectivity index (χ0) is 20.9. The minimum atomic E-state index is 0.0537. The summed E-state index contributed by atoms with van der Waals surface area (Å²) in [5.74, 6) is 1.02. The van der Waals surface area contributed by atoms with E-state index in [0.29, 0.717) is 17.9 Å². The van der Waals surface area contributed by atoms with Crippen molar-refractivity contribution in [3.63, 3.8) is 0 Å². The summed E-state index contributed by atoms with van der Waals surface area (Å²) in [5.41, 5.74) is 4.10. The normalized spacial score (nSPS) is 16.3. The number of nitrogens with zero attached hydrogens (tertiary/aromatic N) is 3. The van der Waals surface area contributed by atoms with Gasteiger partial charge in [0.05, 0.1) is 0 Å². The molecule has 5 nitrogen and oxygen atoms in total. The lowest BCUT2D eigenvalue weighted by Gasteiger charge is -2.32. The van der Waals surface area contributed by atoms with Crippen LogP contribution in [0.2, 0.25) is 5.02 Å². The van der Waals surface area contributed by atoms with Gasteiger partial charge in [-0.05, 0) is 60.7 Å². The lowest BCUT2D eigenvalue weighted by atomic mass is 9.93. The molecule has 0 bridgehead atoms. The third kappa shape index (κ3) is 4.79. The molecule has 2 aromatic heterocycles. The van der Waals surface area contributed by atoms with E-state index in [2.05, 4.69) is 22.4 Å². The number of nitrogens with one attached hydrogen (secondary N) is 1. The van der Waals surface area contributed by atoms with Gasteiger partial charge < -0.3 is 10.2 Å². The van der Waals surface area contributed by atoms with Crippen LogP contribution in [0.5, 0.6) is 0 Å². The van der Waals surface area contributed by atoms with E-state index in [4.69, 9.17) is 16.6 Å². The van der Waals surface area contributed by atoms with Crippen LogP contribution in [-0.4, -0.2) is 40.9 Å². The maximum Gasteiger partial charge on any atom is 0.254 e. The summed E-state index contributed by atoms with van der Waals surface area (Å²) in [6, 6.07) is 15.7. The molecule has 4 rings (SSSR count). The molecule has 3 heterocycles. The highest BCUT2D eigenvalue weighted by Crippen LogP contribution is 2.27. The van der Waals surface area contributed by atoms with E-state index in [0.717, 1.165) is 36.5 Å². The molecule has 1 fully saturated rings. The van der Waals surface area contributed by atoms with Gasteiger partial charge in [0.2, 0.25) is 0 Å². The van der Waals surface area contributed by atoms with Gasteiger partial charge in [-0.2, -0.15) is 0 Å². The summed E-state index contributed by atoms with van der Waals surface area (Å²) in [6.07, 6.45) is 6.48. The molecular formula is C24H25ClN4O.